The molecule has 0 N–H and O–H groups in total. The Bertz CT molecular complexity index is 704. The van der Waals surface area contributed by atoms with Gasteiger partial charge in [-0.05, 0) is 30.5 Å². The van der Waals surface area contributed by atoms with Crippen LogP contribution in [0.1, 0.15) is 28.8 Å². The monoisotopic (exact) mass is 341 g/mol. The van der Waals surface area contributed by atoms with Crippen molar-refractivity contribution in [1.29, 1.82) is 0 Å². The number of likely N-dealkylation sites (tertiary alicyclic amines) is 1. The van der Waals surface area contributed by atoms with Gasteiger partial charge in [0.2, 0.25) is 5.91 Å². The lowest BCUT2D eigenvalue weighted by Crippen LogP contribution is -2.41. The summed E-state index contributed by atoms with van der Waals surface area (Å²) in [6.45, 7) is 1.30. The number of rotatable bonds is 4. The first-order chi connectivity index (χ1) is 11.6. The van der Waals surface area contributed by atoms with Crippen molar-refractivity contribution in [3.05, 3.63) is 70.7 Å². The van der Waals surface area contributed by atoms with Crippen LogP contribution in [0.2, 0.25) is 5.02 Å². The van der Waals surface area contributed by atoms with Gasteiger partial charge < -0.3 is 4.90 Å². The molecule has 0 radical (unpaired) electrons. The molecule has 0 aliphatic carbocycles. The Morgan fingerprint density at radius 2 is 1.58 bits per heavy atom. The van der Waals surface area contributed by atoms with E-state index in [4.69, 9.17) is 11.6 Å². The van der Waals surface area contributed by atoms with Gasteiger partial charge in [0.1, 0.15) is 0 Å². The van der Waals surface area contributed by atoms with Gasteiger partial charge in [0.05, 0.1) is 6.42 Å². The number of Topliss-reactive ketones (excluding diaryl/α,β-unsaturated/α-hetero) is 1. The fourth-order valence-electron chi connectivity index (χ4n) is 3.12. The third kappa shape index (κ3) is 4.04. The van der Waals surface area contributed by atoms with E-state index in [9.17, 15) is 9.59 Å². The predicted octanol–water partition coefficient (Wildman–Crippen LogP) is 4.00. The van der Waals surface area contributed by atoms with E-state index in [0.29, 0.717) is 24.5 Å². The maximum Gasteiger partial charge on any atom is 0.226 e. The summed E-state index contributed by atoms with van der Waals surface area (Å²) >= 11 is 5.87. The lowest BCUT2D eigenvalue weighted by Gasteiger charge is -2.31. The number of ketones is 1. The Kier molecular flexibility index (Phi) is 5.31. The summed E-state index contributed by atoms with van der Waals surface area (Å²) < 4.78 is 0. The number of nitrogens with zero attached hydrogens (tertiary/aromatic N) is 1. The molecule has 3 nitrogen and oxygen atoms in total. The fraction of sp³-hybridized carbons (Fsp3) is 0.300. The first-order valence-corrected chi connectivity index (χ1v) is 8.63. The summed E-state index contributed by atoms with van der Waals surface area (Å²) in [6.07, 6.45) is 1.86. The molecule has 1 aliphatic heterocycles. The zero-order valence-electron chi connectivity index (χ0n) is 13.5. The minimum atomic E-state index is 0.0204. The van der Waals surface area contributed by atoms with Crippen molar-refractivity contribution in [3.63, 3.8) is 0 Å². The normalized spacial score (nSPS) is 15.3. The van der Waals surface area contributed by atoms with Crippen LogP contribution < -0.4 is 0 Å². The molecule has 0 saturated carbocycles. The van der Waals surface area contributed by atoms with E-state index < -0.39 is 0 Å². The second-order valence-electron chi connectivity index (χ2n) is 6.19. The molecule has 1 aliphatic rings. The first-order valence-electron chi connectivity index (χ1n) is 8.25. The molecule has 0 spiro atoms. The second-order valence-corrected chi connectivity index (χ2v) is 6.63. The van der Waals surface area contributed by atoms with Gasteiger partial charge in [-0.2, -0.15) is 0 Å². The van der Waals surface area contributed by atoms with E-state index in [0.717, 1.165) is 24.0 Å². The summed E-state index contributed by atoms with van der Waals surface area (Å²) in [5.41, 5.74) is 1.73. The number of benzene rings is 2. The van der Waals surface area contributed by atoms with Gasteiger partial charge in [-0.1, -0.05) is 54.1 Å². The van der Waals surface area contributed by atoms with Crippen LogP contribution in [0, 0.1) is 5.92 Å². The molecule has 4 heteroatoms. The van der Waals surface area contributed by atoms with Gasteiger partial charge in [-0.3, -0.25) is 9.59 Å². The lowest BCUT2D eigenvalue weighted by molar-refractivity contribution is -0.131. The van der Waals surface area contributed by atoms with Crippen LogP contribution in [0.3, 0.4) is 0 Å². The van der Waals surface area contributed by atoms with Crippen molar-refractivity contribution >= 4 is 23.3 Å². The molecule has 1 fully saturated rings. The molecule has 1 heterocycles. The van der Waals surface area contributed by atoms with E-state index in [1.807, 2.05) is 47.4 Å². The molecule has 0 atom stereocenters. The molecule has 1 amide bonds. The van der Waals surface area contributed by atoms with Crippen LogP contribution in [0.4, 0.5) is 0 Å². The average Bonchev–Trinajstić information content (AvgIpc) is 2.64. The van der Waals surface area contributed by atoms with Crippen molar-refractivity contribution in [2.45, 2.75) is 19.3 Å². The highest BCUT2D eigenvalue weighted by Gasteiger charge is 2.27. The van der Waals surface area contributed by atoms with Crippen molar-refractivity contribution in [2.24, 2.45) is 5.92 Å². The van der Waals surface area contributed by atoms with Crippen LogP contribution in [0.25, 0.3) is 0 Å². The van der Waals surface area contributed by atoms with Crippen molar-refractivity contribution in [3.8, 4) is 0 Å². The zero-order valence-corrected chi connectivity index (χ0v) is 14.2. The maximum atomic E-state index is 12.5. The van der Waals surface area contributed by atoms with Gasteiger partial charge in [-0.25, -0.2) is 0 Å². The third-order valence-corrected chi connectivity index (χ3v) is 4.80. The number of halogens is 1. The van der Waals surface area contributed by atoms with E-state index >= 15 is 0 Å². The molecule has 1 saturated heterocycles. The zero-order chi connectivity index (χ0) is 16.9. The van der Waals surface area contributed by atoms with E-state index in [-0.39, 0.29) is 17.6 Å². The summed E-state index contributed by atoms with van der Waals surface area (Å²) in [5.74, 6) is 0.329. The number of carbonyl (C=O) groups excluding carboxylic acids is 2. The fourth-order valence-corrected chi connectivity index (χ4v) is 3.24. The molecule has 0 unspecified atom stereocenters. The lowest BCUT2D eigenvalue weighted by atomic mass is 9.88. The number of hydrogen-bond acceptors (Lipinski definition) is 2. The number of carbonyl (C=O) groups is 2. The summed E-state index contributed by atoms with van der Waals surface area (Å²) in [4.78, 5) is 26.8. The van der Waals surface area contributed by atoms with Crippen LogP contribution in [0.15, 0.2) is 54.6 Å². The summed E-state index contributed by atoms with van der Waals surface area (Å²) in [6, 6.07) is 16.8. The largest absolute Gasteiger partial charge is 0.342 e. The molecule has 2 aromatic carbocycles. The number of hydrogen-bond donors (Lipinski definition) is 0. The van der Waals surface area contributed by atoms with Gasteiger partial charge >= 0.3 is 0 Å². The van der Waals surface area contributed by atoms with Gasteiger partial charge in [0.25, 0.3) is 0 Å². The van der Waals surface area contributed by atoms with Crippen molar-refractivity contribution < 1.29 is 9.59 Å². The predicted molar refractivity (Wildman–Crippen MR) is 95.2 cm³/mol. The average molecular weight is 342 g/mol. The van der Waals surface area contributed by atoms with Gasteiger partial charge in [0.15, 0.2) is 5.78 Å². The van der Waals surface area contributed by atoms with E-state index in [1.165, 1.54) is 0 Å². The van der Waals surface area contributed by atoms with Gasteiger partial charge in [-0.15, -0.1) is 0 Å². The van der Waals surface area contributed by atoms with Crippen LogP contribution >= 0.6 is 11.6 Å². The highest BCUT2D eigenvalue weighted by molar-refractivity contribution is 6.30. The minimum Gasteiger partial charge on any atom is -0.342 e. The molecule has 2 aromatic rings. The topological polar surface area (TPSA) is 37.4 Å². The number of piperidine rings is 1. The Morgan fingerprint density at radius 1 is 0.958 bits per heavy atom. The number of amides is 1. The molecule has 124 valence electrons. The van der Waals surface area contributed by atoms with Crippen molar-refractivity contribution in [2.75, 3.05) is 13.1 Å². The maximum absolute atomic E-state index is 12.5. The Balaban J connectivity index is 1.54. The molecular formula is C20H20ClNO2. The highest BCUT2D eigenvalue weighted by Crippen LogP contribution is 2.22. The standard InChI is InChI=1S/C20H20ClNO2/c21-18-8-6-15(7-9-18)14-19(23)22-12-10-17(11-13-22)20(24)16-4-2-1-3-5-16/h1-9,17H,10-14H2. The quantitative estimate of drug-likeness (QED) is 0.788. The first kappa shape index (κ1) is 16.7. The molecule has 3 rings (SSSR count). The SMILES string of the molecule is O=C(c1ccccc1)C1CCN(C(=O)Cc2ccc(Cl)cc2)CC1. The molecule has 0 aromatic heterocycles. The third-order valence-electron chi connectivity index (χ3n) is 4.55. The summed E-state index contributed by atoms with van der Waals surface area (Å²) in [7, 11) is 0. The van der Waals surface area contributed by atoms with E-state index in [1.54, 1.807) is 12.1 Å². The summed E-state index contributed by atoms with van der Waals surface area (Å²) in [5, 5.41) is 0.673. The van der Waals surface area contributed by atoms with Crippen LogP contribution in [-0.2, 0) is 11.2 Å². The Morgan fingerprint density at radius 3 is 2.21 bits per heavy atom. The minimum absolute atomic E-state index is 0.0204. The molecular weight excluding hydrogens is 322 g/mol. The smallest absolute Gasteiger partial charge is 0.226 e. The second kappa shape index (κ2) is 7.63. The Hall–Kier alpha value is -2.13. The van der Waals surface area contributed by atoms with Gasteiger partial charge in [0, 0.05) is 29.6 Å². The Labute approximate surface area is 147 Å². The van der Waals surface area contributed by atoms with Crippen LogP contribution in [0.5, 0.6) is 0 Å². The highest BCUT2D eigenvalue weighted by atomic mass is 35.5. The molecule has 0 bridgehead atoms. The van der Waals surface area contributed by atoms with E-state index in [2.05, 4.69) is 0 Å². The van der Waals surface area contributed by atoms with Crippen LogP contribution in [-0.4, -0.2) is 29.7 Å². The molecule has 24 heavy (non-hydrogen) atoms. The van der Waals surface area contributed by atoms with Crippen molar-refractivity contribution in [1.82, 2.24) is 4.90 Å².